The van der Waals surface area contributed by atoms with Gasteiger partial charge in [-0.15, -0.1) is 0 Å². The molecule has 10 N–H and O–H groups in total. The fraction of sp³-hybridized carbons (Fsp3) is 0.980. The van der Waals surface area contributed by atoms with Crippen molar-refractivity contribution in [2.45, 2.75) is 601 Å². The third-order valence-electron chi connectivity index (χ3n) is 26.8. The number of unbranched alkanes of at least 4 members (excludes halogenated alkanes) is 64. The summed E-state index contributed by atoms with van der Waals surface area (Å²) >= 11 is 0. The van der Waals surface area contributed by atoms with Gasteiger partial charge >= 0.3 is 0 Å². The van der Waals surface area contributed by atoms with Gasteiger partial charge in [-0.05, 0) is 38.5 Å². The molecule has 4 heterocycles. The maximum absolute atomic E-state index is 13.8. The molecule has 0 spiro atoms. The van der Waals surface area contributed by atoms with Crippen LogP contribution in [0, 0.1) is 0 Å². The second-order valence-electron chi connectivity index (χ2n) is 37.4. The summed E-state index contributed by atoms with van der Waals surface area (Å²) in [6, 6.07) is -1.30. The normalized spacial score (nSPS) is 24.7. The lowest BCUT2D eigenvalue weighted by Gasteiger charge is -2.40. The van der Waals surface area contributed by atoms with Crippen LogP contribution in [-0.2, 0) is 28.5 Å². The average Bonchev–Trinajstić information content (AvgIpc) is 1.56. The molecule has 700 valence electrons. The van der Waals surface area contributed by atoms with Gasteiger partial charge in [0, 0.05) is 24.9 Å². The van der Waals surface area contributed by atoms with Crippen LogP contribution in [-0.4, -0.2) is 197 Å². The van der Waals surface area contributed by atoms with Crippen LogP contribution in [0.2, 0.25) is 0 Å². The zero-order valence-corrected chi connectivity index (χ0v) is 77.2. The zero-order chi connectivity index (χ0) is 85.5. The number of aliphatic hydroxyl groups excluding tert-OH is 10. The number of amides is 2. The van der Waals surface area contributed by atoms with Gasteiger partial charge in [0.25, 0.3) is 0 Å². The van der Waals surface area contributed by atoms with Crippen LogP contribution < -0.4 is 0 Å². The van der Waals surface area contributed by atoms with Gasteiger partial charge in [-0.2, -0.15) is 0 Å². The molecule has 4 rings (SSSR count). The molecule has 0 aromatic rings. The number of hydrogen-bond acceptors (Lipinski definition) is 16. The summed E-state index contributed by atoms with van der Waals surface area (Å²) in [6.07, 6.45) is 77.3. The summed E-state index contributed by atoms with van der Waals surface area (Å²) in [5, 5.41) is 103. The van der Waals surface area contributed by atoms with E-state index in [4.69, 9.17) is 18.9 Å². The van der Waals surface area contributed by atoms with Crippen molar-refractivity contribution in [1.82, 2.24) is 9.80 Å². The first-order chi connectivity index (χ1) is 57.7. The van der Waals surface area contributed by atoms with E-state index in [-0.39, 0.29) is 37.1 Å². The monoisotopic (exact) mass is 1680 g/mol. The zero-order valence-electron chi connectivity index (χ0n) is 77.2. The third kappa shape index (κ3) is 51.9. The molecule has 0 aromatic carbocycles. The second kappa shape index (κ2) is 76.6. The van der Waals surface area contributed by atoms with Crippen LogP contribution in [0.25, 0.3) is 0 Å². The first-order valence-corrected chi connectivity index (χ1v) is 51.5. The molecule has 118 heavy (non-hydrogen) atoms. The molecule has 4 fully saturated rings. The van der Waals surface area contributed by atoms with Crippen molar-refractivity contribution in [3.63, 3.8) is 0 Å². The van der Waals surface area contributed by atoms with Crippen molar-refractivity contribution in [1.29, 1.82) is 0 Å². The van der Waals surface area contributed by atoms with Crippen molar-refractivity contribution in [2.75, 3.05) is 26.4 Å². The Hall–Kier alpha value is -1.62. The van der Waals surface area contributed by atoms with Gasteiger partial charge in [0.2, 0.25) is 11.8 Å². The van der Waals surface area contributed by atoms with E-state index in [0.717, 1.165) is 77.0 Å². The van der Waals surface area contributed by atoms with Crippen molar-refractivity contribution < 1.29 is 79.6 Å². The number of nitrogens with zero attached hydrogens (tertiary/aromatic N) is 2. The number of aliphatic hydroxyl groups is 10. The Morgan fingerprint density at radius 1 is 0.263 bits per heavy atom. The van der Waals surface area contributed by atoms with E-state index >= 15 is 0 Å². The van der Waals surface area contributed by atoms with Crippen molar-refractivity contribution in [2.24, 2.45) is 0 Å². The molecule has 0 bridgehead atoms. The first kappa shape index (κ1) is 111. The van der Waals surface area contributed by atoms with Gasteiger partial charge in [-0.3, -0.25) is 9.59 Å². The lowest BCUT2D eigenvalue weighted by atomic mass is 9.99. The number of rotatable bonds is 80. The lowest BCUT2D eigenvalue weighted by Crippen LogP contribution is -2.59. The molecule has 0 aliphatic carbocycles. The van der Waals surface area contributed by atoms with E-state index in [2.05, 4.69) is 27.7 Å². The number of carbonyl (C=O) groups is 2. The van der Waals surface area contributed by atoms with Crippen molar-refractivity contribution >= 4 is 11.8 Å². The highest BCUT2D eigenvalue weighted by molar-refractivity contribution is 5.78. The standard InChI is InChI=1S/2C50H97NO8/c2*1-3-5-7-9-11-13-15-16-17-18-19-20-21-22-23-24-25-26-28-30-32-34-36-38-46(54)51-42(37-35-33-31-29-27-14-12-10-8-6-4-2)39-44(53)43(51)41-58-50-49(57)48(56)47(55)45(40-52)59-50/h2*42-45,47-50,52-53,55-57H,3-41H2,1-2H3/t2*42-,43-,44+,45?,47?,48?,49?,50?/m00/s1. The van der Waals surface area contributed by atoms with E-state index < -0.39 is 98.9 Å². The molecule has 16 atom stereocenters. The molecule has 4 aliphatic heterocycles. The molecule has 18 nitrogen and oxygen atoms in total. The van der Waals surface area contributed by atoms with Gasteiger partial charge in [0.1, 0.15) is 48.8 Å². The number of likely N-dealkylation sites (tertiary alicyclic amines) is 2. The number of carbonyl (C=O) groups excluding carboxylic acids is 2. The Balaban J connectivity index is 0.000000610. The second-order valence-corrected chi connectivity index (χ2v) is 37.4. The van der Waals surface area contributed by atoms with Crippen LogP contribution in [0.15, 0.2) is 0 Å². The minimum Gasteiger partial charge on any atom is -0.394 e. The SMILES string of the molecule is CCCCCCCCCCCCCCCCCCCCCCCCCC(=O)N1[C@@H](CCCCCCCCCCCCC)C[C@@H](O)[C@@H]1COC1OC(CO)C(O)C(O)C1O.CCCCCCCCCCCCCCCCCCCCCCCCCC(=O)N1[C@@H](CCCCCCCCCCCCC)C[C@@H](O)[C@@H]1COC1OC(CO)C(O)C(O)C1O. The quantitative estimate of drug-likeness (QED) is 0.0253. The summed E-state index contributed by atoms with van der Waals surface area (Å²) in [5.74, 6) is 0.0843. The maximum atomic E-state index is 13.8. The number of hydrogen-bond donors (Lipinski definition) is 10. The van der Waals surface area contributed by atoms with Gasteiger partial charge in [-0.25, -0.2) is 0 Å². The maximum Gasteiger partial charge on any atom is 0.223 e. The van der Waals surface area contributed by atoms with E-state index in [0.29, 0.717) is 25.7 Å². The molecule has 0 radical (unpaired) electrons. The van der Waals surface area contributed by atoms with Crippen molar-refractivity contribution in [3.8, 4) is 0 Å². The molecular formula is C100H194N2O16. The van der Waals surface area contributed by atoms with E-state index in [1.807, 2.05) is 9.80 Å². The molecule has 18 heteroatoms. The fourth-order valence-electron chi connectivity index (χ4n) is 19.0. The van der Waals surface area contributed by atoms with Gasteiger partial charge in [0.15, 0.2) is 12.6 Å². The molecule has 4 aliphatic rings. The molecule has 2 amide bonds. The smallest absolute Gasteiger partial charge is 0.223 e. The van der Waals surface area contributed by atoms with Crippen LogP contribution in [0.4, 0.5) is 0 Å². The van der Waals surface area contributed by atoms with Crippen LogP contribution >= 0.6 is 0 Å². The fourth-order valence-corrected chi connectivity index (χ4v) is 19.0. The Kier molecular flexibility index (Phi) is 71.8. The largest absolute Gasteiger partial charge is 0.394 e. The Bertz CT molecular complexity index is 2060. The first-order valence-electron chi connectivity index (χ1n) is 51.5. The van der Waals surface area contributed by atoms with E-state index in [1.165, 1.54) is 372 Å². The summed E-state index contributed by atoms with van der Waals surface area (Å²) in [5.41, 5.74) is 0. The average molecular weight is 1680 g/mol. The minimum atomic E-state index is -1.54. The summed E-state index contributed by atoms with van der Waals surface area (Å²) in [4.78, 5) is 31.3. The Labute approximate surface area is 724 Å². The number of ether oxygens (including phenoxy) is 4. The highest BCUT2D eigenvalue weighted by Gasteiger charge is 2.49. The molecule has 4 saturated heterocycles. The van der Waals surface area contributed by atoms with Gasteiger partial charge in [-0.1, -0.05) is 451 Å². The minimum absolute atomic E-state index is 0.0422. The lowest BCUT2D eigenvalue weighted by molar-refractivity contribution is -0.303. The summed E-state index contributed by atoms with van der Waals surface area (Å²) in [7, 11) is 0. The summed E-state index contributed by atoms with van der Waals surface area (Å²) < 4.78 is 22.9. The van der Waals surface area contributed by atoms with E-state index in [9.17, 15) is 60.7 Å². The Morgan fingerprint density at radius 2 is 0.449 bits per heavy atom. The Morgan fingerprint density at radius 3 is 0.644 bits per heavy atom. The predicted molar refractivity (Wildman–Crippen MR) is 485 cm³/mol. The molecule has 0 saturated carbocycles. The highest BCUT2D eigenvalue weighted by atomic mass is 16.7. The van der Waals surface area contributed by atoms with Crippen LogP contribution in [0.3, 0.4) is 0 Å². The van der Waals surface area contributed by atoms with Crippen LogP contribution in [0.5, 0.6) is 0 Å². The van der Waals surface area contributed by atoms with E-state index in [1.54, 1.807) is 0 Å². The topological polar surface area (TPSA) is 280 Å². The highest BCUT2D eigenvalue weighted by Crippen LogP contribution is 2.35. The third-order valence-corrected chi connectivity index (χ3v) is 26.8. The van der Waals surface area contributed by atoms with Gasteiger partial charge in [0.05, 0.1) is 50.7 Å². The molecular weight excluding hydrogens is 1490 g/mol. The van der Waals surface area contributed by atoms with Crippen LogP contribution in [0.1, 0.15) is 503 Å². The van der Waals surface area contributed by atoms with Gasteiger partial charge < -0.3 is 79.8 Å². The molecule has 0 aromatic heterocycles. The van der Waals surface area contributed by atoms with Crippen molar-refractivity contribution in [3.05, 3.63) is 0 Å². The summed E-state index contributed by atoms with van der Waals surface area (Å²) in [6.45, 7) is 7.87. The predicted octanol–water partition coefficient (Wildman–Crippen LogP) is 22.4. The molecule has 10 unspecified atom stereocenters.